The van der Waals surface area contributed by atoms with E-state index in [1.807, 2.05) is 0 Å². The molecule has 0 aliphatic carbocycles. The molecule has 0 aliphatic rings. The van der Waals surface area contributed by atoms with E-state index in [1.54, 1.807) is 0 Å². The van der Waals surface area contributed by atoms with Gasteiger partial charge in [0.15, 0.2) is 9.84 Å². The molecule has 2 N–H and O–H groups in total. The van der Waals surface area contributed by atoms with Crippen molar-refractivity contribution in [3.8, 4) is 0 Å². The van der Waals surface area contributed by atoms with Crippen molar-refractivity contribution >= 4 is 9.84 Å². The molecule has 0 unspecified atom stereocenters. The summed E-state index contributed by atoms with van der Waals surface area (Å²) in [6.45, 7) is 4.39. The van der Waals surface area contributed by atoms with Crippen molar-refractivity contribution in [1.82, 2.24) is 0 Å². The summed E-state index contributed by atoms with van der Waals surface area (Å²) >= 11 is 0. The van der Waals surface area contributed by atoms with Gasteiger partial charge >= 0.3 is 0 Å². The van der Waals surface area contributed by atoms with Crippen molar-refractivity contribution in [2.24, 2.45) is 5.73 Å². The zero-order valence-electron chi connectivity index (χ0n) is 7.03. The summed E-state index contributed by atoms with van der Waals surface area (Å²) in [4.78, 5) is 0. The second-order valence-electron chi connectivity index (χ2n) is 2.30. The molecule has 0 saturated carbocycles. The van der Waals surface area contributed by atoms with Crippen molar-refractivity contribution in [2.45, 2.75) is 0 Å². The van der Waals surface area contributed by atoms with Crippen LogP contribution in [0.2, 0.25) is 0 Å². The van der Waals surface area contributed by atoms with Crippen LogP contribution in [0.15, 0.2) is 12.7 Å². The van der Waals surface area contributed by atoms with Gasteiger partial charge in [0, 0.05) is 6.54 Å². The van der Waals surface area contributed by atoms with Crippen LogP contribution < -0.4 is 5.73 Å². The third kappa shape index (κ3) is 6.33. The van der Waals surface area contributed by atoms with Crippen LogP contribution in [0.25, 0.3) is 0 Å². The van der Waals surface area contributed by atoms with Gasteiger partial charge in [-0.15, -0.1) is 6.58 Å². The van der Waals surface area contributed by atoms with E-state index in [0.717, 1.165) is 0 Å². The molecular weight excluding hydrogens is 178 g/mol. The molecule has 4 nitrogen and oxygen atoms in total. The number of rotatable bonds is 7. The van der Waals surface area contributed by atoms with Gasteiger partial charge in [-0.25, -0.2) is 8.42 Å². The average molecular weight is 193 g/mol. The van der Waals surface area contributed by atoms with Gasteiger partial charge in [0.25, 0.3) is 0 Å². The second kappa shape index (κ2) is 6.16. The fourth-order valence-corrected chi connectivity index (χ4v) is 1.53. The standard InChI is InChI=1S/C7H15NO3S/c1-2-6-12(9,10)7-5-11-4-3-8/h2H,1,3-8H2. The molecule has 0 spiro atoms. The number of hydrogen-bond acceptors (Lipinski definition) is 4. The predicted molar refractivity (Wildman–Crippen MR) is 48.7 cm³/mol. The first-order chi connectivity index (χ1) is 5.62. The summed E-state index contributed by atoms with van der Waals surface area (Å²) in [5.74, 6) is 0.0536. The molecule has 0 radical (unpaired) electrons. The highest BCUT2D eigenvalue weighted by Crippen LogP contribution is 1.90. The Labute approximate surface area is 73.3 Å². The molecule has 0 bridgehead atoms. The molecule has 0 aliphatic heterocycles. The summed E-state index contributed by atoms with van der Waals surface area (Å²) in [5, 5.41) is 0. The van der Waals surface area contributed by atoms with E-state index in [1.165, 1.54) is 6.08 Å². The van der Waals surface area contributed by atoms with Crippen LogP contribution in [-0.2, 0) is 14.6 Å². The molecule has 0 atom stereocenters. The average Bonchev–Trinajstić information content (AvgIpc) is 1.98. The van der Waals surface area contributed by atoms with E-state index in [0.29, 0.717) is 13.2 Å². The van der Waals surface area contributed by atoms with Gasteiger partial charge in [-0.1, -0.05) is 6.08 Å². The van der Waals surface area contributed by atoms with E-state index in [2.05, 4.69) is 6.58 Å². The predicted octanol–water partition coefficient (Wildman–Crippen LogP) is -0.437. The van der Waals surface area contributed by atoms with Crippen LogP contribution >= 0.6 is 0 Å². The molecule has 0 heterocycles. The summed E-state index contributed by atoms with van der Waals surface area (Å²) < 4.78 is 26.9. The molecule has 5 heteroatoms. The Morgan fingerprint density at radius 3 is 2.58 bits per heavy atom. The van der Waals surface area contributed by atoms with Crippen LogP contribution in [-0.4, -0.2) is 39.7 Å². The molecule has 12 heavy (non-hydrogen) atoms. The van der Waals surface area contributed by atoms with Gasteiger partial charge in [0.1, 0.15) is 0 Å². The number of ether oxygens (including phenoxy) is 1. The monoisotopic (exact) mass is 193 g/mol. The van der Waals surface area contributed by atoms with Crippen LogP contribution in [0.4, 0.5) is 0 Å². The van der Waals surface area contributed by atoms with E-state index in [4.69, 9.17) is 10.5 Å². The molecular formula is C7H15NO3S. The third-order valence-electron chi connectivity index (χ3n) is 1.17. The van der Waals surface area contributed by atoms with E-state index in [-0.39, 0.29) is 18.1 Å². The lowest BCUT2D eigenvalue weighted by atomic mass is 10.7. The Bertz CT molecular complexity index is 211. The molecule has 72 valence electrons. The van der Waals surface area contributed by atoms with Crippen LogP contribution in [0.1, 0.15) is 0 Å². The smallest absolute Gasteiger partial charge is 0.156 e. The first kappa shape index (κ1) is 11.6. The zero-order valence-corrected chi connectivity index (χ0v) is 7.85. The maximum Gasteiger partial charge on any atom is 0.156 e. The summed E-state index contributed by atoms with van der Waals surface area (Å²) in [6, 6.07) is 0. The van der Waals surface area contributed by atoms with Crippen molar-refractivity contribution in [3.63, 3.8) is 0 Å². The van der Waals surface area contributed by atoms with E-state index >= 15 is 0 Å². The minimum atomic E-state index is -3.00. The first-order valence-corrected chi connectivity index (χ1v) is 5.53. The molecule has 0 aromatic carbocycles. The Balaban J connectivity index is 3.55. The number of sulfone groups is 1. The van der Waals surface area contributed by atoms with Crippen LogP contribution in [0.3, 0.4) is 0 Å². The van der Waals surface area contributed by atoms with Crippen molar-refractivity contribution in [3.05, 3.63) is 12.7 Å². The van der Waals surface area contributed by atoms with E-state index < -0.39 is 9.84 Å². The minimum absolute atomic E-state index is 0.0129. The molecule has 0 fully saturated rings. The quantitative estimate of drug-likeness (QED) is 0.440. The summed E-state index contributed by atoms with van der Waals surface area (Å²) in [6.07, 6.45) is 1.37. The van der Waals surface area contributed by atoms with Gasteiger partial charge in [0.05, 0.1) is 24.7 Å². The Morgan fingerprint density at radius 1 is 1.42 bits per heavy atom. The maximum absolute atomic E-state index is 11.0. The highest BCUT2D eigenvalue weighted by Gasteiger charge is 2.06. The number of nitrogens with two attached hydrogens (primary N) is 1. The molecule has 0 rings (SSSR count). The lowest BCUT2D eigenvalue weighted by molar-refractivity contribution is 0.157. The second-order valence-corrected chi connectivity index (χ2v) is 4.53. The summed E-state index contributed by atoms with van der Waals surface area (Å²) in [7, 11) is -3.00. The van der Waals surface area contributed by atoms with Crippen molar-refractivity contribution < 1.29 is 13.2 Å². The van der Waals surface area contributed by atoms with Gasteiger partial charge in [-0.3, -0.25) is 0 Å². The Kier molecular flexibility index (Phi) is 5.96. The van der Waals surface area contributed by atoms with Gasteiger partial charge < -0.3 is 10.5 Å². The van der Waals surface area contributed by atoms with Crippen LogP contribution in [0, 0.1) is 0 Å². The van der Waals surface area contributed by atoms with Gasteiger partial charge in [0.2, 0.25) is 0 Å². The van der Waals surface area contributed by atoms with Crippen molar-refractivity contribution in [2.75, 3.05) is 31.3 Å². The third-order valence-corrected chi connectivity index (χ3v) is 2.70. The minimum Gasteiger partial charge on any atom is -0.379 e. The fraction of sp³-hybridized carbons (Fsp3) is 0.714. The van der Waals surface area contributed by atoms with Gasteiger partial charge in [-0.2, -0.15) is 0 Å². The lowest BCUT2D eigenvalue weighted by Crippen LogP contribution is -2.17. The summed E-state index contributed by atoms with van der Waals surface area (Å²) in [5.41, 5.74) is 5.15. The van der Waals surface area contributed by atoms with Gasteiger partial charge in [-0.05, 0) is 0 Å². The SMILES string of the molecule is C=CCS(=O)(=O)CCOCCN. The highest BCUT2D eigenvalue weighted by molar-refractivity contribution is 7.91. The molecule has 0 amide bonds. The zero-order chi connectivity index (χ0) is 9.45. The Morgan fingerprint density at radius 2 is 2.08 bits per heavy atom. The maximum atomic E-state index is 11.0. The largest absolute Gasteiger partial charge is 0.379 e. The number of hydrogen-bond donors (Lipinski definition) is 1. The molecule has 0 aromatic rings. The normalized spacial score (nSPS) is 11.4. The Hall–Kier alpha value is -0.390. The van der Waals surface area contributed by atoms with E-state index in [9.17, 15) is 8.42 Å². The first-order valence-electron chi connectivity index (χ1n) is 3.71. The fourth-order valence-electron chi connectivity index (χ4n) is 0.634. The van der Waals surface area contributed by atoms with Crippen LogP contribution in [0.5, 0.6) is 0 Å². The molecule has 0 saturated heterocycles. The topological polar surface area (TPSA) is 69.4 Å². The lowest BCUT2D eigenvalue weighted by Gasteiger charge is -2.01. The molecule has 0 aromatic heterocycles. The van der Waals surface area contributed by atoms with Crippen molar-refractivity contribution in [1.29, 1.82) is 0 Å². The highest BCUT2D eigenvalue weighted by atomic mass is 32.2.